The van der Waals surface area contributed by atoms with Crippen molar-refractivity contribution in [3.63, 3.8) is 0 Å². The lowest BCUT2D eigenvalue weighted by atomic mass is 10.1. The molecule has 0 unspecified atom stereocenters. The molecule has 2 aromatic carbocycles. The third-order valence-corrected chi connectivity index (χ3v) is 4.29. The lowest BCUT2D eigenvalue weighted by molar-refractivity contribution is -0.112. The fourth-order valence-corrected chi connectivity index (χ4v) is 3.06. The van der Waals surface area contributed by atoms with E-state index >= 15 is 0 Å². The van der Waals surface area contributed by atoms with Gasteiger partial charge in [-0.2, -0.15) is 0 Å². The number of hydrogen-bond acceptors (Lipinski definition) is 3. The monoisotopic (exact) mass is 314 g/mol. The fourth-order valence-electron chi connectivity index (χ4n) is 1.95. The van der Waals surface area contributed by atoms with E-state index in [1.807, 2.05) is 36.4 Å². The van der Waals surface area contributed by atoms with Crippen LogP contribution in [0.3, 0.4) is 0 Å². The summed E-state index contributed by atoms with van der Waals surface area (Å²) in [6.45, 7) is 0. The van der Waals surface area contributed by atoms with E-state index in [9.17, 15) is 4.79 Å². The van der Waals surface area contributed by atoms with Crippen molar-refractivity contribution in [2.75, 3.05) is 0 Å². The van der Waals surface area contributed by atoms with Gasteiger partial charge in [-0.25, -0.2) is 4.98 Å². The SMILES string of the molecule is NC(=O)/C(=C/c1ccc(Cl)cc1)c1nc2ccccc2s1. The molecule has 104 valence electrons. The molecule has 0 spiro atoms. The number of hydrogen-bond donors (Lipinski definition) is 1. The molecule has 3 rings (SSSR count). The number of nitrogens with zero attached hydrogens (tertiary/aromatic N) is 1. The Hall–Kier alpha value is -2.17. The number of thiazole rings is 1. The number of fused-ring (bicyclic) bond motifs is 1. The highest BCUT2D eigenvalue weighted by atomic mass is 35.5. The average Bonchev–Trinajstić information content (AvgIpc) is 2.89. The lowest BCUT2D eigenvalue weighted by Crippen LogP contribution is -2.12. The average molecular weight is 315 g/mol. The third kappa shape index (κ3) is 2.96. The van der Waals surface area contributed by atoms with Crippen molar-refractivity contribution < 1.29 is 4.79 Å². The minimum atomic E-state index is -0.496. The van der Waals surface area contributed by atoms with Gasteiger partial charge in [-0.05, 0) is 35.9 Å². The first-order chi connectivity index (χ1) is 10.1. The first-order valence-corrected chi connectivity index (χ1v) is 7.46. The third-order valence-electron chi connectivity index (χ3n) is 2.97. The van der Waals surface area contributed by atoms with Crippen molar-refractivity contribution in [1.29, 1.82) is 0 Å². The van der Waals surface area contributed by atoms with Gasteiger partial charge in [-0.1, -0.05) is 35.9 Å². The number of benzene rings is 2. The molecule has 3 nitrogen and oxygen atoms in total. The maximum absolute atomic E-state index is 11.7. The van der Waals surface area contributed by atoms with Crippen molar-refractivity contribution in [3.05, 3.63) is 64.1 Å². The number of halogens is 1. The molecule has 0 fully saturated rings. The summed E-state index contributed by atoms with van der Waals surface area (Å²) in [4.78, 5) is 16.2. The molecular formula is C16H11ClN2OS. The van der Waals surface area contributed by atoms with Gasteiger partial charge < -0.3 is 5.73 Å². The number of carbonyl (C=O) groups is 1. The Labute approximate surface area is 130 Å². The van der Waals surface area contributed by atoms with E-state index < -0.39 is 5.91 Å². The van der Waals surface area contributed by atoms with Gasteiger partial charge in [0.15, 0.2) is 0 Å². The number of para-hydroxylation sites is 1. The number of rotatable bonds is 3. The van der Waals surface area contributed by atoms with Crippen LogP contribution in [0.4, 0.5) is 0 Å². The van der Waals surface area contributed by atoms with Crippen LogP contribution in [0.25, 0.3) is 21.9 Å². The minimum Gasteiger partial charge on any atom is -0.366 e. The van der Waals surface area contributed by atoms with Crippen LogP contribution in [0.1, 0.15) is 10.6 Å². The van der Waals surface area contributed by atoms with Crippen molar-refractivity contribution in [2.45, 2.75) is 0 Å². The second-order valence-corrected chi connectivity index (χ2v) is 5.93. The van der Waals surface area contributed by atoms with E-state index in [1.165, 1.54) is 11.3 Å². The van der Waals surface area contributed by atoms with E-state index in [4.69, 9.17) is 17.3 Å². The fraction of sp³-hybridized carbons (Fsp3) is 0. The minimum absolute atomic E-state index is 0.401. The Morgan fingerprint density at radius 3 is 2.52 bits per heavy atom. The van der Waals surface area contributed by atoms with Gasteiger partial charge in [0.1, 0.15) is 5.01 Å². The predicted octanol–water partition coefficient (Wildman–Crippen LogP) is 3.98. The number of primary amides is 1. The van der Waals surface area contributed by atoms with Gasteiger partial charge in [-0.3, -0.25) is 4.79 Å². The zero-order chi connectivity index (χ0) is 14.8. The van der Waals surface area contributed by atoms with Gasteiger partial charge in [-0.15, -0.1) is 11.3 Å². The van der Waals surface area contributed by atoms with E-state index in [0.717, 1.165) is 15.8 Å². The Balaban J connectivity index is 2.09. The Bertz CT molecular complexity index is 804. The predicted molar refractivity (Wildman–Crippen MR) is 88.1 cm³/mol. The number of amides is 1. The molecule has 1 amide bonds. The van der Waals surface area contributed by atoms with Crippen LogP contribution >= 0.6 is 22.9 Å². The van der Waals surface area contributed by atoms with Crippen molar-refractivity contribution in [1.82, 2.24) is 4.98 Å². The summed E-state index contributed by atoms with van der Waals surface area (Å²) in [6.07, 6.45) is 1.73. The van der Waals surface area contributed by atoms with Gasteiger partial charge in [0, 0.05) is 5.02 Å². The van der Waals surface area contributed by atoms with Crippen LogP contribution in [0.2, 0.25) is 5.02 Å². The normalized spacial score (nSPS) is 11.8. The van der Waals surface area contributed by atoms with Crippen LogP contribution in [0.5, 0.6) is 0 Å². The van der Waals surface area contributed by atoms with Gasteiger partial charge in [0.05, 0.1) is 15.8 Å². The standard InChI is InChI=1S/C16H11ClN2OS/c17-11-7-5-10(6-8-11)9-12(15(18)20)16-19-13-3-1-2-4-14(13)21-16/h1-9H,(H2,18,20)/b12-9-. The highest BCUT2D eigenvalue weighted by molar-refractivity contribution is 7.19. The summed E-state index contributed by atoms with van der Waals surface area (Å²) in [5, 5.41) is 1.27. The molecule has 1 aromatic heterocycles. The molecule has 5 heteroatoms. The molecule has 0 aliphatic heterocycles. The van der Waals surface area contributed by atoms with Crippen molar-refractivity contribution in [2.24, 2.45) is 5.73 Å². The molecule has 0 aliphatic rings. The maximum Gasteiger partial charge on any atom is 0.251 e. The number of aromatic nitrogens is 1. The first kappa shape index (κ1) is 13.8. The summed E-state index contributed by atoms with van der Waals surface area (Å²) >= 11 is 7.31. The topological polar surface area (TPSA) is 56.0 Å². The second kappa shape index (κ2) is 5.68. The molecule has 0 saturated heterocycles. The molecule has 0 radical (unpaired) electrons. The molecule has 0 aliphatic carbocycles. The van der Waals surface area contributed by atoms with E-state index in [1.54, 1.807) is 18.2 Å². The maximum atomic E-state index is 11.7. The zero-order valence-corrected chi connectivity index (χ0v) is 12.5. The van der Waals surface area contributed by atoms with Gasteiger partial charge >= 0.3 is 0 Å². The zero-order valence-electron chi connectivity index (χ0n) is 10.9. The molecule has 3 aromatic rings. The van der Waals surface area contributed by atoms with Gasteiger partial charge in [0.25, 0.3) is 5.91 Å². The van der Waals surface area contributed by atoms with E-state index in [2.05, 4.69) is 4.98 Å². The summed E-state index contributed by atoms with van der Waals surface area (Å²) < 4.78 is 1.02. The molecule has 0 atom stereocenters. The highest BCUT2D eigenvalue weighted by Crippen LogP contribution is 2.28. The van der Waals surface area contributed by atoms with Gasteiger partial charge in [0.2, 0.25) is 0 Å². The summed E-state index contributed by atoms with van der Waals surface area (Å²) in [5.41, 5.74) is 7.62. The second-order valence-electron chi connectivity index (χ2n) is 4.46. The molecule has 2 N–H and O–H groups in total. The number of carbonyl (C=O) groups excluding carboxylic acids is 1. The van der Waals surface area contributed by atoms with Crippen LogP contribution in [0, 0.1) is 0 Å². The lowest BCUT2D eigenvalue weighted by Gasteiger charge is -2.00. The smallest absolute Gasteiger partial charge is 0.251 e. The Kier molecular flexibility index (Phi) is 3.73. The van der Waals surface area contributed by atoms with E-state index in [0.29, 0.717) is 15.6 Å². The molecule has 0 bridgehead atoms. The van der Waals surface area contributed by atoms with Crippen molar-refractivity contribution >= 4 is 50.7 Å². The molecule has 0 saturated carbocycles. The summed E-state index contributed by atoms with van der Waals surface area (Å²) in [6, 6.07) is 14.9. The van der Waals surface area contributed by atoms with Crippen LogP contribution in [-0.4, -0.2) is 10.9 Å². The first-order valence-electron chi connectivity index (χ1n) is 6.26. The van der Waals surface area contributed by atoms with E-state index in [-0.39, 0.29) is 0 Å². The highest BCUT2D eigenvalue weighted by Gasteiger charge is 2.13. The van der Waals surface area contributed by atoms with Crippen LogP contribution in [0.15, 0.2) is 48.5 Å². The van der Waals surface area contributed by atoms with Crippen LogP contribution in [-0.2, 0) is 4.79 Å². The summed E-state index contributed by atoms with van der Waals surface area (Å²) in [7, 11) is 0. The number of nitrogens with two attached hydrogens (primary N) is 1. The van der Waals surface area contributed by atoms with Crippen LogP contribution < -0.4 is 5.73 Å². The molecule has 1 heterocycles. The Morgan fingerprint density at radius 1 is 1.14 bits per heavy atom. The molecular weight excluding hydrogens is 304 g/mol. The quantitative estimate of drug-likeness (QED) is 0.743. The summed E-state index contributed by atoms with van der Waals surface area (Å²) in [5.74, 6) is -0.496. The molecule has 21 heavy (non-hydrogen) atoms. The van der Waals surface area contributed by atoms with Crippen molar-refractivity contribution in [3.8, 4) is 0 Å². The largest absolute Gasteiger partial charge is 0.366 e. The Morgan fingerprint density at radius 2 is 1.86 bits per heavy atom.